The lowest BCUT2D eigenvalue weighted by Crippen LogP contribution is -1.92. The van der Waals surface area contributed by atoms with Gasteiger partial charge in [0.25, 0.3) is 0 Å². The first-order valence-electron chi connectivity index (χ1n) is 19.0. The van der Waals surface area contributed by atoms with Crippen LogP contribution in [0.15, 0.2) is 205 Å². The van der Waals surface area contributed by atoms with Crippen molar-refractivity contribution in [2.75, 3.05) is 0 Å². The highest BCUT2D eigenvalue weighted by Crippen LogP contribution is 2.38. The van der Waals surface area contributed by atoms with Crippen molar-refractivity contribution in [3.05, 3.63) is 211 Å². The quantitative estimate of drug-likeness (QED) is 0.169. The van der Waals surface area contributed by atoms with Crippen LogP contribution in [0.4, 0.5) is 0 Å². The number of hydrogen-bond acceptors (Lipinski definition) is 1. The van der Waals surface area contributed by atoms with Gasteiger partial charge in [0.2, 0.25) is 0 Å². The molecule has 0 N–H and O–H groups in total. The van der Waals surface area contributed by atoms with E-state index in [1.807, 2.05) is 6.07 Å². The van der Waals surface area contributed by atoms with Crippen molar-refractivity contribution in [2.45, 2.75) is 6.42 Å². The third kappa shape index (κ3) is 5.34. The summed E-state index contributed by atoms with van der Waals surface area (Å²) in [6.07, 6.45) is 0.841. The summed E-state index contributed by atoms with van der Waals surface area (Å²) in [6, 6.07) is 72.4. The molecule has 0 amide bonds. The molecule has 2 aromatic heterocycles. The molecule has 258 valence electrons. The molecule has 9 aromatic carbocycles. The van der Waals surface area contributed by atoms with Crippen molar-refractivity contribution < 1.29 is 4.42 Å². The molecule has 11 rings (SSSR count). The van der Waals surface area contributed by atoms with Crippen LogP contribution in [0.2, 0.25) is 0 Å². The Kier molecular flexibility index (Phi) is 7.28. The molecule has 11 aromatic rings. The zero-order valence-electron chi connectivity index (χ0n) is 30.1. The number of nitrogens with zero attached hydrogens (tertiary/aromatic N) is 1. The molecule has 0 unspecified atom stereocenters. The molecule has 0 radical (unpaired) electrons. The molecule has 55 heavy (non-hydrogen) atoms. The maximum Gasteiger partial charge on any atom is 0.136 e. The first-order valence-corrected chi connectivity index (χ1v) is 19.0. The third-order valence-electron chi connectivity index (χ3n) is 11.3. The molecule has 2 heteroatoms. The van der Waals surface area contributed by atoms with E-state index in [0.717, 1.165) is 17.6 Å². The van der Waals surface area contributed by atoms with Gasteiger partial charge in [-0.3, -0.25) is 0 Å². The molecular formula is C53H35NO. The number of furan rings is 1. The van der Waals surface area contributed by atoms with Gasteiger partial charge in [-0.05, 0) is 104 Å². The smallest absolute Gasteiger partial charge is 0.136 e. The van der Waals surface area contributed by atoms with E-state index in [-0.39, 0.29) is 0 Å². The van der Waals surface area contributed by atoms with Crippen LogP contribution in [0.25, 0.3) is 93.6 Å². The molecule has 0 fully saturated rings. The number of aromatic nitrogens is 1. The van der Waals surface area contributed by atoms with Crippen LogP contribution in [-0.4, -0.2) is 4.57 Å². The van der Waals surface area contributed by atoms with Crippen LogP contribution in [0.1, 0.15) is 11.1 Å². The van der Waals surface area contributed by atoms with Crippen LogP contribution < -0.4 is 0 Å². The number of para-hydroxylation sites is 3. The van der Waals surface area contributed by atoms with Crippen LogP contribution in [0.3, 0.4) is 0 Å². The van der Waals surface area contributed by atoms with E-state index in [4.69, 9.17) is 4.42 Å². The van der Waals surface area contributed by atoms with Crippen molar-refractivity contribution in [1.82, 2.24) is 4.57 Å². The molecule has 0 aliphatic heterocycles. The topological polar surface area (TPSA) is 18.1 Å². The van der Waals surface area contributed by atoms with Gasteiger partial charge < -0.3 is 8.98 Å². The lowest BCUT2D eigenvalue weighted by atomic mass is 9.94. The summed E-state index contributed by atoms with van der Waals surface area (Å²) < 4.78 is 8.69. The van der Waals surface area contributed by atoms with Gasteiger partial charge in [0.05, 0.1) is 11.0 Å². The number of fused-ring (bicyclic) bond motifs is 8. The minimum atomic E-state index is 0.841. The standard InChI is InChI=1S/C53H35NO/c1-2-10-43(11-3-1)54-49-16-8-6-13-45(49)48-33-41(30-31-50(48)54)40-28-26-39(27-29-40)38-24-22-37(23-25-38)36-20-18-35(19-21-36)32-42-34-52-53(46-14-5-4-12-44(42)46)47-15-7-9-17-51(47)55-52/h1-31,33-34H,32H2. The number of hydrogen-bond donors (Lipinski definition) is 0. The second-order valence-corrected chi connectivity index (χ2v) is 14.5. The second-order valence-electron chi connectivity index (χ2n) is 14.5. The fourth-order valence-electron chi connectivity index (χ4n) is 8.56. The van der Waals surface area contributed by atoms with E-state index in [1.165, 1.54) is 93.5 Å². The number of benzene rings is 9. The van der Waals surface area contributed by atoms with Crippen LogP contribution >= 0.6 is 0 Å². The Balaban J connectivity index is 0.839. The predicted octanol–water partition coefficient (Wildman–Crippen LogP) is 14.4. The minimum Gasteiger partial charge on any atom is -0.456 e. The first kappa shape index (κ1) is 31.4. The fraction of sp³-hybridized carbons (Fsp3) is 0.0189. The van der Waals surface area contributed by atoms with Gasteiger partial charge in [-0.25, -0.2) is 0 Å². The van der Waals surface area contributed by atoms with Crippen molar-refractivity contribution in [2.24, 2.45) is 0 Å². The Morgan fingerprint density at radius 2 is 0.855 bits per heavy atom. The van der Waals surface area contributed by atoms with Crippen molar-refractivity contribution in [3.8, 4) is 39.1 Å². The van der Waals surface area contributed by atoms with Crippen molar-refractivity contribution in [1.29, 1.82) is 0 Å². The van der Waals surface area contributed by atoms with Gasteiger partial charge in [0.1, 0.15) is 11.2 Å². The van der Waals surface area contributed by atoms with E-state index in [9.17, 15) is 0 Å². The van der Waals surface area contributed by atoms with Crippen LogP contribution in [0, 0.1) is 0 Å². The highest BCUT2D eigenvalue weighted by molar-refractivity contribution is 6.19. The van der Waals surface area contributed by atoms with E-state index in [1.54, 1.807) is 0 Å². The van der Waals surface area contributed by atoms with E-state index in [0.29, 0.717) is 0 Å². The first-order chi connectivity index (χ1) is 27.2. The summed E-state index contributed by atoms with van der Waals surface area (Å²) in [5, 5.41) is 7.43. The summed E-state index contributed by atoms with van der Waals surface area (Å²) in [6.45, 7) is 0. The molecule has 0 spiro atoms. The Bertz CT molecular complexity index is 3180. The Morgan fingerprint density at radius 1 is 0.345 bits per heavy atom. The molecule has 0 bridgehead atoms. The fourth-order valence-corrected chi connectivity index (χ4v) is 8.56. The molecule has 2 nitrogen and oxygen atoms in total. The predicted molar refractivity (Wildman–Crippen MR) is 231 cm³/mol. The zero-order valence-corrected chi connectivity index (χ0v) is 30.1. The van der Waals surface area contributed by atoms with Gasteiger partial charge in [-0.15, -0.1) is 0 Å². The zero-order chi connectivity index (χ0) is 36.3. The lowest BCUT2D eigenvalue weighted by Gasteiger charge is -2.10. The van der Waals surface area contributed by atoms with E-state index in [2.05, 4.69) is 199 Å². The monoisotopic (exact) mass is 701 g/mol. The summed E-state index contributed by atoms with van der Waals surface area (Å²) in [5.41, 5.74) is 15.3. The largest absolute Gasteiger partial charge is 0.456 e. The van der Waals surface area contributed by atoms with Crippen molar-refractivity contribution >= 4 is 54.5 Å². The van der Waals surface area contributed by atoms with Crippen LogP contribution in [-0.2, 0) is 6.42 Å². The van der Waals surface area contributed by atoms with Gasteiger partial charge in [0.15, 0.2) is 0 Å². The molecule has 0 saturated heterocycles. The van der Waals surface area contributed by atoms with Gasteiger partial charge in [0, 0.05) is 27.2 Å². The Hall–Kier alpha value is -7.16. The average Bonchev–Trinajstić information content (AvgIpc) is 3.80. The van der Waals surface area contributed by atoms with E-state index >= 15 is 0 Å². The summed E-state index contributed by atoms with van der Waals surface area (Å²) in [7, 11) is 0. The maximum atomic E-state index is 6.32. The molecule has 0 aliphatic rings. The maximum absolute atomic E-state index is 6.32. The highest BCUT2D eigenvalue weighted by Gasteiger charge is 2.15. The van der Waals surface area contributed by atoms with Crippen molar-refractivity contribution in [3.63, 3.8) is 0 Å². The molecule has 0 atom stereocenters. The van der Waals surface area contributed by atoms with Gasteiger partial charge in [-0.2, -0.15) is 0 Å². The molecule has 2 heterocycles. The molecule has 0 saturated carbocycles. The van der Waals surface area contributed by atoms with Crippen LogP contribution in [0.5, 0.6) is 0 Å². The highest BCUT2D eigenvalue weighted by atomic mass is 16.3. The second kappa shape index (κ2) is 12.8. The average molecular weight is 702 g/mol. The molecule has 0 aliphatic carbocycles. The number of rotatable bonds is 6. The summed E-state index contributed by atoms with van der Waals surface area (Å²) in [4.78, 5) is 0. The molecular weight excluding hydrogens is 667 g/mol. The summed E-state index contributed by atoms with van der Waals surface area (Å²) in [5.74, 6) is 0. The Labute approximate surface area is 319 Å². The van der Waals surface area contributed by atoms with Gasteiger partial charge in [-0.1, -0.05) is 158 Å². The van der Waals surface area contributed by atoms with E-state index < -0.39 is 0 Å². The lowest BCUT2D eigenvalue weighted by molar-refractivity contribution is 0.668. The minimum absolute atomic E-state index is 0.841. The summed E-state index contributed by atoms with van der Waals surface area (Å²) >= 11 is 0. The van der Waals surface area contributed by atoms with Gasteiger partial charge >= 0.3 is 0 Å². The third-order valence-corrected chi connectivity index (χ3v) is 11.3. The SMILES string of the molecule is c1ccc(-n2c3ccccc3c3cc(-c4ccc(-c5ccc(-c6ccc(Cc7cc8oc9ccccc9c8c8ccccc78)cc6)cc5)cc4)ccc32)cc1. The normalized spacial score (nSPS) is 11.7. The Morgan fingerprint density at radius 3 is 1.55 bits per heavy atom.